The molecule has 1 saturated heterocycles. The van der Waals surface area contributed by atoms with E-state index in [0.29, 0.717) is 6.10 Å². The first-order valence-corrected chi connectivity index (χ1v) is 9.15. The molecule has 2 aliphatic heterocycles. The maximum Gasteiger partial charge on any atom is 0.193 e. The maximum atomic E-state index is 5.92. The van der Waals surface area contributed by atoms with E-state index in [1.54, 1.807) is 7.11 Å². The number of nitrogens with one attached hydrogen (secondary N) is 1. The monoisotopic (exact) mass is 339 g/mol. The Labute approximate surface area is 146 Å². The normalized spacial score (nSPS) is 20.2. The van der Waals surface area contributed by atoms with Gasteiger partial charge in [0.15, 0.2) is 5.96 Å². The van der Waals surface area contributed by atoms with Crippen LogP contribution in [0.15, 0.2) is 16.6 Å². The van der Waals surface area contributed by atoms with Crippen LogP contribution >= 0.6 is 0 Å². The Morgan fingerprint density at radius 2 is 2.21 bits per heavy atom. The van der Waals surface area contributed by atoms with Gasteiger partial charge in [-0.1, -0.05) is 11.6 Å². The molecule has 0 aromatic carbocycles. The van der Waals surface area contributed by atoms with Gasteiger partial charge < -0.3 is 24.4 Å². The minimum atomic E-state index is 0.378. The minimum Gasteiger partial charge on any atom is -0.385 e. The zero-order valence-electron chi connectivity index (χ0n) is 15.3. The van der Waals surface area contributed by atoms with Crippen molar-refractivity contribution >= 4 is 5.96 Å². The smallest absolute Gasteiger partial charge is 0.193 e. The summed E-state index contributed by atoms with van der Waals surface area (Å²) in [5.41, 5.74) is 1.49. The summed E-state index contributed by atoms with van der Waals surface area (Å²) in [7, 11) is 3.60. The molecule has 0 radical (unpaired) electrons. The molecule has 2 heterocycles. The van der Waals surface area contributed by atoms with Crippen molar-refractivity contribution in [3.63, 3.8) is 0 Å². The highest BCUT2D eigenvalue weighted by Gasteiger charge is 2.21. The zero-order chi connectivity index (χ0) is 17.0. The van der Waals surface area contributed by atoms with E-state index < -0.39 is 0 Å². The van der Waals surface area contributed by atoms with Crippen LogP contribution in [-0.4, -0.2) is 77.2 Å². The summed E-state index contributed by atoms with van der Waals surface area (Å²) in [6, 6.07) is 0. The Hall–Kier alpha value is -1.11. The summed E-state index contributed by atoms with van der Waals surface area (Å²) in [5.74, 6) is 1.01. The quantitative estimate of drug-likeness (QED) is 0.316. The van der Waals surface area contributed by atoms with Gasteiger partial charge in [-0.05, 0) is 32.1 Å². The van der Waals surface area contributed by atoms with Crippen molar-refractivity contribution in [1.29, 1.82) is 0 Å². The first-order valence-electron chi connectivity index (χ1n) is 9.15. The molecule has 0 unspecified atom stereocenters. The van der Waals surface area contributed by atoms with Gasteiger partial charge in [0.2, 0.25) is 0 Å². The third kappa shape index (κ3) is 6.79. The maximum absolute atomic E-state index is 5.92. The number of aliphatic imine (C=N–C) groups is 1. The summed E-state index contributed by atoms with van der Waals surface area (Å²) < 4.78 is 16.3. The average molecular weight is 339 g/mol. The Kier molecular flexibility index (Phi) is 9.16. The van der Waals surface area contributed by atoms with Gasteiger partial charge in [-0.25, -0.2) is 0 Å². The first-order chi connectivity index (χ1) is 11.8. The molecule has 0 atom stereocenters. The van der Waals surface area contributed by atoms with Crippen molar-refractivity contribution in [3.8, 4) is 0 Å². The van der Waals surface area contributed by atoms with Crippen LogP contribution in [0.3, 0.4) is 0 Å². The van der Waals surface area contributed by atoms with E-state index in [1.807, 2.05) is 7.05 Å². The number of rotatable bonds is 8. The third-order valence-electron chi connectivity index (χ3n) is 4.59. The van der Waals surface area contributed by atoms with E-state index in [0.717, 1.165) is 84.1 Å². The predicted octanol–water partition coefficient (Wildman–Crippen LogP) is 1.82. The van der Waals surface area contributed by atoms with Crippen molar-refractivity contribution in [2.45, 2.75) is 38.2 Å². The molecule has 1 N–H and O–H groups in total. The lowest BCUT2D eigenvalue weighted by molar-refractivity contribution is 0.00992. The molecular formula is C18H33N3O3. The van der Waals surface area contributed by atoms with Gasteiger partial charge in [-0.3, -0.25) is 4.99 Å². The number of hydrogen-bond donors (Lipinski definition) is 1. The SMILES string of the molecule is CN=C(NCCC1=CCOCC1)N1CCC(OCCCOC)CC1. The molecule has 0 aromatic rings. The van der Waals surface area contributed by atoms with Gasteiger partial charge >= 0.3 is 0 Å². The molecule has 2 rings (SSSR count). The van der Waals surface area contributed by atoms with Gasteiger partial charge in [-0.15, -0.1) is 0 Å². The number of likely N-dealkylation sites (tertiary alicyclic amines) is 1. The Morgan fingerprint density at radius 1 is 1.38 bits per heavy atom. The van der Waals surface area contributed by atoms with Gasteiger partial charge in [0.05, 0.1) is 19.3 Å². The number of nitrogens with zero attached hydrogens (tertiary/aromatic N) is 2. The van der Waals surface area contributed by atoms with E-state index in [9.17, 15) is 0 Å². The fourth-order valence-electron chi connectivity index (χ4n) is 3.15. The topological polar surface area (TPSA) is 55.3 Å². The van der Waals surface area contributed by atoms with Crippen LogP contribution in [0.25, 0.3) is 0 Å². The van der Waals surface area contributed by atoms with E-state index in [-0.39, 0.29) is 0 Å². The lowest BCUT2D eigenvalue weighted by Gasteiger charge is -2.34. The summed E-state index contributed by atoms with van der Waals surface area (Å²) in [5, 5.41) is 3.50. The standard InChI is InChI=1S/C18H33N3O3/c1-19-18(20-9-4-16-7-14-23-15-8-16)21-10-5-17(6-11-21)24-13-3-12-22-2/h7,17H,3-6,8-15H2,1-2H3,(H,19,20). The molecule has 6 heteroatoms. The summed E-state index contributed by atoms with van der Waals surface area (Å²) in [6.45, 7) is 6.14. The van der Waals surface area contributed by atoms with Crippen molar-refractivity contribution in [1.82, 2.24) is 10.2 Å². The molecule has 24 heavy (non-hydrogen) atoms. The molecule has 138 valence electrons. The average Bonchev–Trinajstić information content (AvgIpc) is 2.64. The number of hydrogen-bond acceptors (Lipinski definition) is 4. The van der Waals surface area contributed by atoms with Crippen LogP contribution in [0, 0.1) is 0 Å². The van der Waals surface area contributed by atoms with Gasteiger partial charge in [-0.2, -0.15) is 0 Å². The first kappa shape index (κ1) is 19.2. The fraction of sp³-hybridized carbons (Fsp3) is 0.833. The van der Waals surface area contributed by atoms with Gasteiger partial charge in [0, 0.05) is 47.0 Å². The van der Waals surface area contributed by atoms with Gasteiger partial charge in [0.1, 0.15) is 0 Å². The highest BCUT2D eigenvalue weighted by Crippen LogP contribution is 2.15. The Bertz CT molecular complexity index is 404. The second-order valence-corrected chi connectivity index (χ2v) is 6.31. The third-order valence-corrected chi connectivity index (χ3v) is 4.59. The molecule has 2 aliphatic rings. The second-order valence-electron chi connectivity index (χ2n) is 6.31. The highest BCUT2D eigenvalue weighted by molar-refractivity contribution is 5.79. The van der Waals surface area contributed by atoms with Crippen LogP contribution in [0.2, 0.25) is 0 Å². The second kappa shape index (κ2) is 11.4. The number of ether oxygens (including phenoxy) is 3. The zero-order valence-corrected chi connectivity index (χ0v) is 15.3. The number of guanidine groups is 1. The van der Waals surface area contributed by atoms with Crippen molar-refractivity contribution in [2.24, 2.45) is 4.99 Å². The molecule has 6 nitrogen and oxygen atoms in total. The predicted molar refractivity (Wildman–Crippen MR) is 96.5 cm³/mol. The fourth-order valence-corrected chi connectivity index (χ4v) is 3.15. The molecule has 0 aliphatic carbocycles. The molecular weight excluding hydrogens is 306 g/mol. The summed E-state index contributed by atoms with van der Waals surface area (Å²) in [6.07, 6.45) is 7.82. The lowest BCUT2D eigenvalue weighted by Crippen LogP contribution is -2.47. The van der Waals surface area contributed by atoms with Crippen LogP contribution in [0.5, 0.6) is 0 Å². The van der Waals surface area contributed by atoms with E-state index in [2.05, 4.69) is 21.3 Å². The highest BCUT2D eigenvalue weighted by atomic mass is 16.5. The Balaban J connectivity index is 1.62. The summed E-state index contributed by atoms with van der Waals surface area (Å²) in [4.78, 5) is 6.78. The van der Waals surface area contributed by atoms with Crippen LogP contribution < -0.4 is 5.32 Å². The molecule has 0 aromatic heterocycles. The summed E-state index contributed by atoms with van der Waals surface area (Å²) >= 11 is 0. The Morgan fingerprint density at radius 3 is 2.88 bits per heavy atom. The molecule has 1 fully saturated rings. The van der Waals surface area contributed by atoms with E-state index >= 15 is 0 Å². The van der Waals surface area contributed by atoms with E-state index in [1.165, 1.54) is 5.57 Å². The van der Waals surface area contributed by atoms with Crippen LogP contribution in [0.1, 0.15) is 32.1 Å². The van der Waals surface area contributed by atoms with Crippen molar-refractivity contribution in [3.05, 3.63) is 11.6 Å². The van der Waals surface area contributed by atoms with Crippen LogP contribution in [-0.2, 0) is 14.2 Å². The number of methoxy groups -OCH3 is 1. The van der Waals surface area contributed by atoms with E-state index in [4.69, 9.17) is 14.2 Å². The minimum absolute atomic E-state index is 0.378. The molecule has 0 amide bonds. The number of piperidine rings is 1. The van der Waals surface area contributed by atoms with Crippen molar-refractivity contribution < 1.29 is 14.2 Å². The largest absolute Gasteiger partial charge is 0.385 e. The molecule has 0 bridgehead atoms. The van der Waals surface area contributed by atoms with Crippen LogP contribution in [0.4, 0.5) is 0 Å². The molecule has 0 saturated carbocycles. The van der Waals surface area contributed by atoms with Crippen molar-refractivity contribution in [2.75, 3.05) is 60.2 Å². The lowest BCUT2D eigenvalue weighted by atomic mass is 10.1. The van der Waals surface area contributed by atoms with Gasteiger partial charge in [0.25, 0.3) is 0 Å². The molecule has 0 spiro atoms.